The normalized spacial score (nSPS) is 10.3. The van der Waals surface area contributed by atoms with Crippen molar-refractivity contribution >= 4 is 5.91 Å². The number of benzene rings is 1. The monoisotopic (exact) mass is 272 g/mol. The number of nitrogens with zero attached hydrogens (tertiary/aromatic N) is 2. The molecule has 1 amide bonds. The Morgan fingerprint density at radius 2 is 2.00 bits per heavy atom. The minimum atomic E-state index is -0.637. The van der Waals surface area contributed by atoms with Crippen molar-refractivity contribution in [1.82, 2.24) is 9.88 Å². The highest BCUT2D eigenvalue weighted by atomic mass is 19.1. The first-order chi connectivity index (χ1) is 9.60. The van der Waals surface area contributed by atoms with E-state index in [1.54, 1.807) is 4.90 Å². The zero-order valence-corrected chi connectivity index (χ0v) is 11.6. The van der Waals surface area contributed by atoms with Crippen LogP contribution in [0.2, 0.25) is 0 Å². The number of pyridine rings is 1. The molecule has 0 unspecified atom stereocenters. The molecule has 104 valence electrons. The second-order valence-corrected chi connectivity index (χ2v) is 4.65. The summed E-state index contributed by atoms with van der Waals surface area (Å²) in [4.78, 5) is 17.6. The van der Waals surface area contributed by atoms with Crippen LogP contribution in [0.5, 0.6) is 0 Å². The average molecular weight is 272 g/mol. The molecule has 0 fully saturated rings. The predicted molar refractivity (Wildman–Crippen MR) is 75.8 cm³/mol. The minimum Gasteiger partial charge on any atom is -0.333 e. The van der Waals surface area contributed by atoms with Crippen LogP contribution in [0.1, 0.15) is 28.5 Å². The first-order valence-electron chi connectivity index (χ1n) is 6.57. The lowest BCUT2D eigenvalue weighted by Gasteiger charge is -2.20. The van der Waals surface area contributed by atoms with Crippen molar-refractivity contribution in [2.45, 2.75) is 20.4 Å². The van der Waals surface area contributed by atoms with E-state index in [1.165, 1.54) is 18.2 Å². The van der Waals surface area contributed by atoms with Gasteiger partial charge in [0.05, 0.1) is 0 Å². The van der Waals surface area contributed by atoms with Crippen molar-refractivity contribution in [3.63, 3.8) is 0 Å². The van der Waals surface area contributed by atoms with Gasteiger partial charge in [0.15, 0.2) is 0 Å². The van der Waals surface area contributed by atoms with Crippen molar-refractivity contribution in [1.29, 1.82) is 0 Å². The Bertz CT molecular complexity index is 613. The number of hydrogen-bond donors (Lipinski definition) is 0. The van der Waals surface area contributed by atoms with E-state index in [0.717, 1.165) is 11.1 Å². The van der Waals surface area contributed by atoms with E-state index in [1.807, 2.05) is 38.1 Å². The number of hydrogen-bond acceptors (Lipinski definition) is 2. The summed E-state index contributed by atoms with van der Waals surface area (Å²) in [6.45, 7) is 4.95. The van der Waals surface area contributed by atoms with Gasteiger partial charge in [-0.05, 0) is 31.5 Å². The van der Waals surface area contributed by atoms with Gasteiger partial charge in [-0.15, -0.1) is 0 Å². The molecule has 0 aliphatic heterocycles. The highest BCUT2D eigenvalue weighted by Gasteiger charge is 2.16. The Morgan fingerprint density at radius 1 is 1.25 bits per heavy atom. The van der Waals surface area contributed by atoms with Gasteiger partial charge in [-0.1, -0.05) is 35.9 Å². The Kier molecular flexibility index (Phi) is 4.45. The number of aryl methyl sites for hydroxylation is 1. The second kappa shape index (κ2) is 6.28. The first-order valence-corrected chi connectivity index (χ1v) is 6.57. The highest BCUT2D eigenvalue weighted by Crippen LogP contribution is 2.10. The Morgan fingerprint density at radius 3 is 2.65 bits per heavy atom. The van der Waals surface area contributed by atoms with E-state index in [9.17, 15) is 9.18 Å². The van der Waals surface area contributed by atoms with Gasteiger partial charge in [0.25, 0.3) is 5.91 Å². The molecule has 4 heteroatoms. The van der Waals surface area contributed by atoms with E-state index in [2.05, 4.69) is 4.98 Å². The molecular weight excluding hydrogens is 255 g/mol. The van der Waals surface area contributed by atoms with Gasteiger partial charge in [-0.2, -0.15) is 4.39 Å². The van der Waals surface area contributed by atoms with Crippen molar-refractivity contribution in [3.05, 3.63) is 65.2 Å². The fourth-order valence-electron chi connectivity index (χ4n) is 2.05. The number of amides is 1. The van der Waals surface area contributed by atoms with Gasteiger partial charge < -0.3 is 4.90 Å². The molecule has 0 spiro atoms. The summed E-state index contributed by atoms with van der Waals surface area (Å²) in [5.74, 6) is -0.893. The molecular formula is C16H17FN2O. The standard InChI is InChI=1S/C16H17FN2O/c1-3-19(11-13-7-4-6-12(2)10-13)16(20)14-8-5-9-15(17)18-14/h4-10H,3,11H2,1-2H3. The zero-order chi connectivity index (χ0) is 14.5. The summed E-state index contributed by atoms with van der Waals surface area (Å²) < 4.78 is 13.1. The molecule has 0 saturated heterocycles. The lowest BCUT2D eigenvalue weighted by molar-refractivity contribution is 0.0745. The van der Waals surface area contributed by atoms with Crippen molar-refractivity contribution in [2.75, 3.05) is 6.54 Å². The van der Waals surface area contributed by atoms with Gasteiger partial charge >= 0.3 is 0 Å². The summed E-state index contributed by atoms with van der Waals surface area (Å²) in [6, 6.07) is 12.2. The van der Waals surface area contributed by atoms with Crippen molar-refractivity contribution in [3.8, 4) is 0 Å². The number of rotatable bonds is 4. The zero-order valence-electron chi connectivity index (χ0n) is 11.6. The molecule has 0 saturated carbocycles. The molecule has 0 bridgehead atoms. The van der Waals surface area contributed by atoms with Crippen LogP contribution in [-0.4, -0.2) is 22.3 Å². The smallest absolute Gasteiger partial charge is 0.272 e. The van der Waals surface area contributed by atoms with E-state index in [0.29, 0.717) is 13.1 Å². The number of carbonyl (C=O) groups excluding carboxylic acids is 1. The molecule has 1 aromatic heterocycles. The molecule has 0 aliphatic rings. The lowest BCUT2D eigenvalue weighted by Crippen LogP contribution is -2.31. The Balaban J connectivity index is 2.18. The van der Waals surface area contributed by atoms with Crippen LogP contribution in [0.15, 0.2) is 42.5 Å². The molecule has 1 aromatic carbocycles. The van der Waals surface area contributed by atoms with Crippen LogP contribution in [-0.2, 0) is 6.54 Å². The van der Waals surface area contributed by atoms with Gasteiger partial charge in [0.1, 0.15) is 5.69 Å². The lowest BCUT2D eigenvalue weighted by atomic mass is 10.1. The molecule has 20 heavy (non-hydrogen) atoms. The number of aromatic nitrogens is 1. The molecule has 2 rings (SSSR count). The molecule has 2 aromatic rings. The number of halogens is 1. The van der Waals surface area contributed by atoms with Crippen LogP contribution < -0.4 is 0 Å². The summed E-state index contributed by atoms with van der Waals surface area (Å²) >= 11 is 0. The maximum atomic E-state index is 13.1. The molecule has 0 atom stereocenters. The summed E-state index contributed by atoms with van der Waals surface area (Å²) in [5, 5.41) is 0. The third-order valence-electron chi connectivity index (χ3n) is 3.06. The van der Waals surface area contributed by atoms with Crippen LogP contribution in [0.25, 0.3) is 0 Å². The van der Waals surface area contributed by atoms with Crippen molar-refractivity contribution < 1.29 is 9.18 Å². The van der Waals surface area contributed by atoms with Gasteiger partial charge in [0, 0.05) is 13.1 Å². The van der Waals surface area contributed by atoms with Gasteiger partial charge in [-0.3, -0.25) is 4.79 Å². The maximum Gasteiger partial charge on any atom is 0.272 e. The van der Waals surface area contributed by atoms with Crippen LogP contribution in [0.3, 0.4) is 0 Å². The fourth-order valence-corrected chi connectivity index (χ4v) is 2.05. The Labute approximate surface area is 118 Å². The van der Waals surface area contributed by atoms with E-state index in [-0.39, 0.29) is 11.6 Å². The third kappa shape index (κ3) is 3.41. The van der Waals surface area contributed by atoms with E-state index < -0.39 is 5.95 Å². The molecule has 1 heterocycles. The molecule has 3 nitrogen and oxygen atoms in total. The SMILES string of the molecule is CCN(Cc1cccc(C)c1)C(=O)c1cccc(F)n1. The van der Waals surface area contributed by atoms with Crippen molar-refractivity contribution in [2.24, 2.45) is 0 Å². The van der Waals surface area contributed by atoms with Crippen LogP contribution in [0.4, 0.5) is 4.39 Å². The molecule has 0 N–H and O–H groups in total. The van der Waals surface area contributed by atoms with Gasteiger partial charge in [-0.25, -0.2) is 4.98 Å². The van der Waals surface area contributed by atoms with Crippen LogP contribution in [0, 0.1) is 12.9 Å². The molecule has 0 aliphatic carbocycles. The maximum absolute atomic E-state index is 13.1. The quantitative estimate of drug-likeness (QED) is 0.801. The van der Waals surface area contributed by atoms with Crippen LogP contribution >= 0.6 is 0 Å². The third-order valence-corrected chi connectivity index (χ3v) is 3.06. The largest absolute Gasteiger partial charge is 0.333 e. The molecule has 0 radical (unpaired) electrons. The predicted octanol–water partition coefficient (Wildman–Crippen LogP) is 3.19. The summed E-state index contributed by atoms with van der Waals surface area (Å²) in [6.07, 6.45) is 0. The number of carbonyl (C=O) groups is 1. The summed E-state index contributed by atoms with van der Waals surface area (Å²) in [7, 11) is 0. The fraction of sp³-hybridized carbons (Fsp3) is 0.250. The summed E-state index contributed by atoms with van der Waals surface area (Å²) in [5.41, 5.74) is 2.34. The Hall–Kier alpha value is -2.23. The van der Waals surface area contributed by atoms with E-state index in [4.69, 9.17) is 0 Å². The van der Waals surface area contributed by atoms with Gasteiger partial charge in [0.2, 0.25) is 5.95 Å². The topological polar surface area (TPSA) is 33.2 Å². The highest BCUT2D eigenvalue weighted by molar-refractivity contribution is 5.92. The first kappa shape index (κ1) is 14.2. The minimum absolute atomic E-state index is 0.138. The second-order valence-electron chi connectivity index (χ2n) is 4.65. The van der Waals surface area contributed by atoms with E-state index >= 15 is 0 Å². The average Bonchev–Trinajstić information content (AvgIpc) is 2.44.